The number of aliphatic hydroxyl groups excluding tert-OH is 1. The SMILES string of the molecule is CC[C@@]12C=CCCOC(=O)[C@@H]1[C@H]1C(=O)N(CCCCO)C3C(=O)N(Cn4nnc5ccccc54)CC=C[C@@]31O2. The van der Waals surface area contributed by atoms with Gasteiger partial charge in [0.2, 0.25) is 5.91 Å². The van der Waals surface area contributed by atoms with E-state index in [9.17, 15) is 19.5 Å². The molecule has 39 heavy (non-hydrogen) atoms. The number of cyclic esters (lactones) is 1. The molecule has 1 unspecified atom stereocenters. The normalized spacial score (nSPS) is 32.1. The van der Waals surface area contributed by atoms with Gasteiger partial charge < -0.3 is 24.4 Å². The average Bonchev–Trinajstić information content (AvgIpc) is 3.50. The van der Waals surface area contributed by atoms with E-state index < -0.39 is 35.0 Å². The third-order valence-electron chi connectivity index (χ3n) is 8.52. The number of esters is 1. The lowest BCUT2D eigenvalue weighted by Gasteiger charge is -2.38. The Balaban J connectivity index is 1.42. The first kappa shape index (κ1) is 25.7. The maximum Gasteiger partial charge on any atom is 0.313 e. The van der Waals surface area contributed by atoms with E-state index in [-0.39, 0.29) is 44.8 Å². The third-order valence-corrected chi connectivity index (χ3v) is 8.52. The lowest BCUT2D eigenvalue weighted by Crippen LogP contribution is -2.56. The van der Waals surface area contributed by atoms with Crippen LogP contribution in [0.4, 0.5) is 0 Å². The van der Waals surface area contributed by atoms with E-state index in [0.717, 1.165) is 11.0 Å². The number of rotatable bonds is 7. The molecule has 4 aliphatic heterocycles. The van der Waals surface area contributed by atoms with Gasteiger partial charge in [0.25, 0.3) is 5.91 Å². The number of nitrogens with zero attached hydrogens (tertiary/aromatic N) is 5. The van der Waals surface area contributed by atoms with Gasteiger partial charge in [-0.15, -0.1) is 5.10 Å². The van der Waals surface area contributed by atoms with Gasteiger partial charge in [-0.3, -0.25) is 14.4 Å². The van der Waals surface area contributed by atoms with E-state index >= 15 is 0 Å². The van der Waals surface area contributed by atoms with Gasteiger partial charge >= 0.3 is 5.97 Å². The molecular weight excluding hydrogens is 502 g/mol. The number of carbonyl (C=O) groups is 3. The maximum absolute atomic E-state index is 14.4. The molecular formula is C28H33N5O6. The number of benzene rings is 1. The molecule has 0 bridgehead atoms. The molecule has 1 aromatic carbocycles. The molecule has 1 N–H and O–H groups in total. The quantitative estimate of drug-likeness (QED) is 0.321. The topological polar surface area (TPSA) is 127 Å². The van der Waals surface area contributed by atoms with Crippen molar-refractivity contribution in [3.05, 3.63) is 48.6 Å². The number of likely N-dealkylation sites (tertiary alicyclic amines) is 1. The van der Waals surface area contributed by atoms with Crippen LogP contribution in [0, 0.1) is 11.8 Å². The fourth-order valence-electron chi connectivity index (χ4n) is 6.72. The number of hydrogen-bond donors (Lipinski definition) is 1. The molecule has 1 aromatic heterocycles. The molecule has 2 saturated heterocycles. The van der Waals surface area contributed by atoms with E-state index in [1.54, 1.807) is 14.5 Å². The molecule has 2 fully saturated rings. The Hall–Kier alpha value is -3.57. The highest BCUT2D eigenvalue weighted by Gasteiger charge is 2.75. The summed E-state index contributed by atoms with van der Waals surface area (Å²) in [4.78, 5) is 45.2. The van der Waals surface area contributed by atoms with E-state index in [2.05, 4.69) is 10.3 Å². The van der Waals surface area contributed by atoms with Gasteiger partial charge in [0.05, 0.1) is 18.0 Å². The molecule has 11 nitrogen and oxygen atoms in total. The number of aromatic nitrogens is 3. The summed E-state index contributed by atoms with van der Waals surface area (Å²) in [7, 11) is 0. The fraction of sp³-hybridized carbons (Fsp3) is 0.536. The van der Waals surface area contributed by atoms with Gasteiger partial charge in [-0.1, -0.05) is 48.6 Å². The predicted molar refractivity (Wildman–Crippen MR) is 139 cm³/mol. The molecule has 6 rings (SSSR count). The lowest BCUT2D eigenvalue weighted by molar-refractivity contribution is -0.162. The van der Waals surface area contributed by atoms with Crippen LogP contribution in [0.3, 0.4) is 0 Å². The average molecular weight is 536 g/mol. The van der Waals surface area contributed by atoms with Crippen LogP contribution in [0.15, 0.2) is 48.6 Å². The van der Waals surface area contributed by atoms with Crippen molar-refractivity contribution < 1.29 is 29.0 Å². The second kappa shape index (κ2) is 9.87. The Morgan fingerprint density at radius 2 is 1.92 bits per heavy atom. The molecule has 1 spiro atoms. The first-order chi connectivity index (χ1) is 19.0. The Labute approximate surface area is 226 Å². The smallest absolute Gasteiger partial charge is 0.313 e. The van der Waals surface area contributed by atoms with Crippen LogP contribution in [0.5, 0.6) is 0 Å². The zero-order chi connectivity index (χ0) is 27.2. The van der Waals surface area contributed by atoms with Crippen molar-refractivity contribution >= 4 is 28.8 Å². The van der Waals surface area contributed by atoms with E-state index in [0.29, 0.717) is 25.7 Å². The van der Waals surface area contributed by atoms with Crippen molar-refractivity contribution in [2.45, 2.75) is 56.5 Å². The zero-order valence-electron chi connectivity index (χ0n) is 21.9. The van der Waals surface area contributed by atoms with Crippen LogP contribution in [0.1, 0.15) is 32.6 Å². The number of para-hydroxylation sites is 1. The summed E-state index contributed by atoms with van der Waals surface area (Å²) in [5.41, 5.74) is -0.878. The van der Waals surface area contributed by atoms with Crippen LogP contribution in [0.2, 0.25) is 0 Å². The summed E-state index contributed by atoms with van der Waals surface area (Å²) in [6.07, 6.45) is 9.51. The second-order valence-electron chi connectivity index (χ2n) is 10.6. The van der Waals surface area contributed by atoms with Crippen molar-refractivity contribution in [3.63, 3.8) is 0 Å². The molecule has 0 aliphatic carbocycles. The minimum absolute atomic E-state index is 0.0180. The van der Waals surface area contributed by atoms with Crippen LogP contribution in [0.25, 0.3) is 11.0 Å². The Kier molecular flexibility index (Phi) is 6.50. The summed E-state index contributed by atoms with van der Waals surface area (Å²) in [6, 6.07) is 6.55. The van der Waals surface area contributed by atoms with E-state index in [1.807, 2.05) is 55.5 Å². The van der Waals surface area contributed by atoms with Crippen molar-refractivity contribution in [1.29, 1.82) is 0 Å². The molecule has 206 valence electrons. The zero-order valence-corrected chi connectivity index (χ0v) is 21.9. The van der Waals surface area contributed by atoms with Crippen LogP contribution in [-0.4, -0.2) is 91.2 Å². The molecule has 5 heterocycles. The van der Waals surface area contributed by atoms with Crippen LogP contribution < -0.4 is 0 Å². The van der Waals surface area contributed by atoms with Gasteiger partial charge in [-0.05, 0) is 37.8 Å². The van der Waals surface area contributed by atoms with E-state index in [1.165, 1.54) is 0 Å². The lowest BCUT2D eigenvalue weighted by atomic mass is 9.73. The fourth-order valence-corrected chi connectivity index (χ4v) is 6.72. The van der Waals surface area contributed by atoms with Gasteiger partial charge in [0.1, 0.15) is 35.3 Å². The Bertz CT molecular complexity index is 1350. The first-order valence-electron chi connectivity index (χ1n) is 13.7. The summed E-state index contributed by atoms with van der Waals surface area (Å²) in [6.45, 7) is 2.83. The number of carbonyl (C=O) groups excluding carboxylic acids is 3. The van der Waals surface area contributed by atoms with Crippen molar-refractivity contribution in [2.75, 3.05) is 26.3 Å². The molecule has 11 heteroatoms. The highest BCUT2D eigenvalue weighted by atomic mass is 16.6. The number of ether oxygens (including phenoxy) is 2. The van der Waals surface area contributed by atoms with Crippen LogP contribution >= 0.6 is 0 Å². The van der Waals surface area contributed by atoms with Gasteiger partial charge in [0, 0.05) is 19.7 Å². The summed E-state index contributed by atoms with van der Waals surface area (Å²) in [5, 5.41) is 17.8. The number of hydrogen-bond acceptors (Lipinski definition) is 8. The molecule has 2 aromatic rings. The van der Waals surface area contributed by atoms with Crippen molar-refractivity contribution in [1.82, 2.24) is 24.8 Å². The molecule has 0 saturated carbocycles. The maximum atomic E-state index is 14.4. The highest BCUT2D eigenvalue weighted by molar-refractivity contribution is 5.99. The largest absolute Gasteiger partial charge is 0.465 e. The summed E-state index contributed by atoms with van der Waals surface area (Å²) >= 11 is 0. The monoisotopic (exact) mass is 535 g/mol. The molecule has 4 aliphatic rings. The summed E-state index contributed by atoms with van der Waals surface area (Å²) < 4.78 is 14.1. The number of unbranched alkanes of at least 4 members (excludes halogenated alkanes) is 1. The third kappa shape index (κ3) is 3.89. The van der Waals surface area contributed by atoms with Gasteiger partial charge in [-0.2, -0.15) is 0 Å². The molecule has 2 amide bonds. The molecule has 0 radical (unpaired) electrons. The Morgan fingerprint density at radius 1 is 1.08 bits per heavy atom. The van der Waals surface area contributed by atoms with Crippen molar-refractivity contribution in [3.8, 4) is 0 Å². The number of fused-ring (bicyclic) bond motifs is 3. The minimum atomic E-state index is -1.33. The standard InChI is InChI=1S/C28H33N5O6/c1-2-27-12-5-8-17-38-26(37)22(27)21-24(35)32(15-6-7-16-34)23-25(36)31(14-9-13-28(21,23)39-27)18-33-20-11-4-3-10-19(20)29-30-33/h3-5,9-13,21-23,34H,2,6-8,14-18H2,1H3/t21-,22-,23?,27+,28-/m0/s1. The summed E-state index contributed by atoms with van der Waals surface area (Å²) in [5.74, 6) is -2.82. The molecule has 5 atom stereocenters. The van der Waals surface area contributed by atoms with Gasteiger partial charge in [0.15, 0.2) is 0 Å². The number of amides is 2. The number of aliphatic hydroxyl groups is 1. The van der Waals surface area contributed by atoms with Crippen molar-refractivity contribution in [2.24, 2.45) is 11.8 Å². The van der Waals surface area contributed by atoms with E-state index in [4.69, 9.17) is 9.47 Å². The predicted octanol–water partition coefficient (Wildman–Crippen LogP) is 1.42. The second-order valence-corrected chi connectivity index (χ2v) is 10.6. The van der Waals surface area contributed by atoms with Gasteiger partial charge in [-0.25, -0.2) is 4.68 Å². The Morgan fingerprint density at radius 3 is 2.74 bits per heavy atom. The van der Waals surface area contributed by atoms with Crippen LogP contribution in [-0.2, 0) is 30.5 Å². The highest BCUT2D eigenvalue weighted by Crippen LogP contribution is 2.58. The minimum Gasteiger partial charge on any atom is -0.465 e. The first-order valence-corrected chi connectivity index (χ1v) is 13.7.